The first-order chi connectivity index (χ1) is 14.1. The summed E-state index contributed by atoms with van der Waals surface area (Å²) in [6, 6.07) is 13.5. The summed E-state index contributed by atoms with van der Waals surface area (Å²) in [5, 5.41) is 6.95. The van der Waals surface area contributed by atoms with Crippen molar-refractivity contribution >= 4 is 11.6 Å². The summed E-state index contributed by atoms with van der Waals surface area (Å²) in [6.45, 7) is 12.3. The third kappa shape index (κ3) is 5.06. The fraction of sp³-hybridized carbons (Fsp3) is 0.375. The smallest absolute Gasteiger partial charge is 0.262 e. The first-order valence-electron chi connectivity index (χ1n) is 10.1. The Labute approximate surface area is 177 Å². The Balaban J connectivity index is 1.71. The molecule has 0 bridgehead atoms. The standard InChI is InChI=1S/C24H29N3O3/c1-15(2)22-26-23(30-27-22)19-9-7-8-16(3)21(19)25-20(28)14-29-18-12-10-17(11-13-18)24(4,5)6/h7-13,15H,14H2,1-6H3,(H,25,28). The SMILES string of the molecule is Cc1cccc(-c2nc(C(C)C)no2)c1NC(=O)COc1ccc(C(C)(C)C)cc1. The molecule has 0 aliphatic heterocycles. The minimum Gasteiger partial charge on any atom is -0.484 e. The largest absolute Gasteiger partial charge is 0.484 e. The average molecular weight is 408 g/mol. The van der Waals surface area contributed by atoms with Crippen molar-refractivity contribution in [1.82, 2.24) is 10.1 Å². The van der Waals surface area contributed by atoms with Crippen molar-refractivity contribution in [3.63, 3.8) is 0 Å². The van der Waals surface area contributed by atoms with Crippen molar-refractivity contribution in [1.29, 1.82) is 0 Å². The fourth-order valence-corrected chi connectivity index (χ4v) is 2.97. The predicted octanol–water partition coefficient (Wildman–Crippen LogP) is 5.48. The number of nitrogens with one attached hydrogen (secondary N) is 1. The molecule has 0 atom stereocenters. The molecule has 6 nitrogen and oxygen atoms in total. The molecule has 0 spiro atoms. The number of ether oxygens (including phenoxy) is 1. The van der Waals surface area contributed by atoms with Gasteiger partial charge in [-0.15, -0.1) is 0 Å². The van der Waals surface area contributed by atoms with Gasteiger partial charge in [-0.25, -0.2) is 0 Å². The molecule has 30 heavy (non-hydrogen) atoms. The average Bonchev–Trinajstić information content (AvgIpc) is 3.18. The van der Waals surface area contributed by atoms with Crippen LogP contribution in [0.3, 0.4) is 0 Å². The number of nitrogens with zero attached hydrogens (tertiary/aromatic N) is 2. The number of benzene rings is 2. The highest BCUT2D eigenvalue weighted by Crippen LogP contribution is 2.30. The van der Waals surface area contributed by atoms with Crippen LogP contribution in [0.5, 0.6) is 5.75 Å². The molecule has 1 N–H and O–H groups in total. The lowest BCUT2D eigenvalue weighted by molar-refractivity contribution is -0.118. The molecule has 2 aromatic carbocycles. The molecular formula is C24H29N3O3. The van der Waals surface area contributed by atoms with Gasteiger partial charge < -0.3 is 14.6 Å². The Hall–Kier alpha value is -3.15. The van der Waals surface area contributed by atoms with Crippen LogP contribution in [-0.4, -0.2) is 22.7 Å². The summed E-state index contributed by atoms with van der Waals surface area (Å²) in [4.78, 5) is 17.0. The Bertz CT molecular complexity index is 1010. The highest BCUT2D eigenvalue weighted by Gasteiger charge is 2.18. The Morgan fingerprint density at radius 1 is 1.13 bits per heavy atom. The van der Waals surface area contributed by atoms with Gasteiger partial charge in [-0.1, -0.05) is 64.0 Å². The van der Waals surface area contributed by atoms with E-state index in [0.717, 1.165) is 5.56 Å². The highest BCUT2D eigenvalue weighted by atomic mass is 16.5. The Morgan fingerprint density at radius 2 is 1.83 bits per heavy atom. The van der Waals surface area contributed by atoms with Crippen LogP contribution in [0.4, 0.5) is 5.69 Å². The van der Waals surface area contributed by atoms with E-state index in [-0.39, 0.29) is 23.8 Å². The molecule has 0 aliphatic carbocycles. The number of carbonyl (C=O) groups excluding carboxylic acids is 1. The highest BCUT2D eigenvalue weighted by molar-refractivity contribution is 5.96. The van der Waals surface area contributed by atoms with Gasteiger partial charge in [0.25, 0.3) is 11.8 Å². The Morgan fingerprint density at radius 3 is 2.43 bits per heavy atom. The molecule has 3 aromatic rings. The van der Waals surface area contributed by atoms with Crippen molar-refractivity contribution < 1.29 is 14.1 Å². The zero-order valence-electron chi connectivity index (χ0n) is 18.4. The first-order valence-corrected chi connectivity index (χ1v) is 10.1. The van der Waals surface area contributed by atoms with Crippen LogP contribution in [-0.2, 0) is 10.2 Å². The summed E-state index contributed by atoms with van der Waals surface area (Å²) in [6.07, 6.45) is 0. The van der Waals surface area contributed by atoms with Crippen molar-refractivity contribution in [2.24, 2.45) is 0 Å². The zero-order valence-corrected chi connectivity index (χ0v) is 18.4. The number of amides is 1. The van der Waals surface area contributed by atoms with Crippen molar-refractivity contribution in [2.75, 3.05) is 11.9 Å². The number of rotatable bonds is 6. The lowest BCUT2D eigenvalue weighted by Crippen LogP contribution is -2.21. The molecule has 0 radical (unpaired) electrons. The summed E-state index contributed by atoms with van der Waals surface area (Å²) in [5.41, 5.74) is 3.52. The van der Waals surface area contributed by atoms with Gasteiger partial charge in [0.15, 0.2) is 12.4 Å². The number of carbonyl (C=O) groups is 1. The molecule has 0 aliphatic rings. The number of anilines is 1. The number of aromatic nitrogens is 2. The molecule has 0 saturated carbocycles. The Kier molecular flexibility index (Phi) is 6.25. The second kappa shape index (κ2) is 8.69. The summed E-state index contributed by atoms with van der Waals surface area (Å²) in [5.74, 6) is 1.57. The molecule has 1 heterocycles. The van der Waals surface area contributed by atoms with Crippen molar-refractivity contribution in [3.8, 4) is 17.2 Å². The van der Waals surface area contributed by atoms with Crippen molar-refractivity contribution in [3.05, 3.63) is 59.4 Å². The number of aryl methyl sites for hydroxylation is 1. The summed E-state index contributed by atoms with van der Waals surface area (Å²) in [7, 11) is 0. The minimum atomic E-state index is -0.256. The molecule has 1 amide bonds. The van der Waals surface area contributed by atoms with E-state index in [4.69, 9.17) is 9.26 Å². The van der Waals surface area contributed by atoms with Crippen LogP contribution in [0.1, 0.15) is 57.5 Å². The van der Waals surface area contributed by atoms with E-state index < -0.39 is 0 Å². The maximum atomic E-state index is 12.6. The molecule has 1 aromatic heterocycles. The summed E-state index contributed by atoms with van der Waals surface area (Å²) >= 11 is 0. The molecule has 0 fully saturated rings. The van der Waals surface area contributed by atoms with E-state index in [1.807, 2.05) is 63.2 Å². The third-order valence-electron chi connectivity index (χ3n) is 4.82. The van der Waals surface area contributed by atoms with Crippen molar-refractivity contribution in [2.45, 2.75) is 52.9 Å². The van der Waals surface area contributed by atoms with Crippen LogP contribution in [0.2, 0.25) is 0 Å². The number of para-hydroxylation sites is 1. The number of hydrogen-bond acceptors (Lipinski definition) is 5. The second-order valence-corrected chi connectivity index (χ2v) is 8.72. The van der Waals surface area contributed by atoms with Gasteiger partial charge in [-0.3, -0.25) is 4.79 Å². The molecule has 0 saturated heterocycles. The van der Waals surface area contributed by atoms with Gasteiger partial charge in [0.2, 0.25) is 0 Å². The van der Waals surface area contributed by atoms with Crippen LogP contribution in [0, 0.1) is 6.92 Å². The molecule has 6 heteroatoms. The van der Waals surface area contributed by atoms with Crippen LogP contribution < -0.4 is 10.1 Å². The zero-order chi connectivity index (χ0) is 21.9. The first kappa shape index (κ1) is 21.6. The van der Waals surface area contributed by atoms with Crippen LogP contribution >= 0.6 is 0 Å². The predicted molar refractivity (Wildman–Crippen MR) is 118 cm³/mol. The van der Waals surface area contributed by atoms with Gasteiger partial charge in [0.1, 0.15) is 5.75 Å². The fourth-order valence-electron chi connectivity index (χ4n) is 2.97. The van der Waals surface area contributed by atoms with E-state index in [1.54, 1.807) is 0 Å². The maximum absolute atomic E-state index is 12.6. The third-order valence-corrected chi connectivity index (χ3v) is 4.82. The van der Waals surface area contributed by atoms with E-state index in [9.17, 15) is 4.79 Å². The lowest BCUT2D eigenvalue weighted by atomic mass is 9.87. The normalized spacial score (nSPS) is 11.6. The quantitative estimate of drug-likeness (QED) is 0.585. The molecule has 3 rings (SSSR count). The topological polar surface area (TPSA) is 77.3 Å². The van der Waals surface area contributed by atoms with Crippen LogP contribution in [0.15, 0.2) is 47.0 Å². The summed E-state index contributed by atoms with van der Waals surface area (Å²) < 4.78 is 11.1. The van der Waals surface area contributed by atoms with Gasteiger partial charge in [-0.2, -0.15) is 4.98 Å². The van der Waals surface area contributed by atoms with Gasteiger partial charge in [0.05, 0.1) is 11.3 Å². The maximum Gasteiger partial charge on any atom is 0.262 e. The molecular weight excluding hydrogens is 378 g/mol. The van der Waals surface area contributed by atoms with E-state index >= 15 is 0 Å². The van der Waals surface area contributed by atoms with Gasteiger partial charge in [0, 0.05) is 5.92 Å². The monoisotopic (exact) mass is 407 g/mol. The van der Waals surface area contributed by atoms with E-state index in [0.29, 0.717) is 28.7 Å². The second-order valence-electron chi connectivity index (χ2n) is 8.72. The molecule has 0 unspecified atom stereocenters. The van der Waals surface area contributed by atoms with Gasteiger partial charge in [-0.05, 0) is 41.7 Å². The van der Waals surface area contributed by atoms with Crippen LogP contribution in [0.25, 0.3) is 11.5 Å². The minimum absolute atomic E-state index is 0.0708. The lowest BCUT2D eigenvalue weighted by Gasteiger charge is -2.19. The van der Waals surface area contributed by atoms with Gasteiger partial charge >= 0.3 is 0 Å². The van der Waals surface area contributed by atoms with E-state index in [2.05, 4.69) is 36.2 Å². The van der Waals surface area contributed by atoms with E-state index in [1.165, 1.54) is 5.56 Å². The number of hydrogen-bond donors (Lipinski definition) is 1. The molecule has 158 valence electrons.